The number of hydrogen-bond donors (Lipinski definition) is 2. The Morgan fingerprint density at radius 2 is 1.94 bits per heavy atom. The van der Waals surface area contributed by atoms with Crippen LogP contribution in [0.1, 0.15) is 31.9 Å². The summed E-state index contributed by atoms with van der Waals surface area (Å²) in [5.74, 6) is -0.869. The van der Waals surface area contributed by atoms with Crippen molar-refractivity contribution in [3.05, 3.63) is 29.8 Å². The highest BCUT2D eigenvalue weighted by Gasteiger charge is 2.16. The number of hydrogen-bond acceptors (Lipinski definition) is 3. The maximum atomic E-state index is 10.7. The predicted octanol–water partition coefficient (Wildman–Crippen LogP) is 2.01. The van der Waals surface area contributed by atoms with Gasteiger partial charge in [0.1, 0.15) is 0 Å². The van der Waals surface area contributed by atoms with E-state index in [0.29, 0.717) is 0 Å². The monoisotopic (exact) mass is 236 g/mol. The van der Waals surface area contributed by atoms with E-state index in [2.05, 4.69) is 18.7 Å². The molecule has 1 aromatic carbocycles. The van der Waals surface area contributed by atoms with E-state index < -0.39 is 12.0 Å². The van der Waals surface area contributed by atoms with E-state index in [1.54, 1.807) is 0 Å². The van der Waals surface area contributed by atoms with Gasteiger partial charge in [0.2, 0.25) is 0 Å². The lowest BCUT2D eigenvalue weighted by molar-refractivity contribution is -0.137. The van der Waals surface area contributed by atoms with Crippen molar-refractivity contribution in [2.45, 2.75) is 26.3 Å². The van der Waals surface area contributed by atoms with Crippen LogP contribution in [0.2, 0.25) is 0 Å². The lowest BCUT2D eigenvalue weighted by Crippen LogP contribution is -2.25. The minimum atomic E-state index is -0.869. The number of carboxylic acids is 1. The summed E-state index contributed by atoms with van der Waals surface area (Å²) >= 11 is 0. The van der Waals surface area contributed by atoms with Crippen molar-refractivity contribution in [2.24, 2.45) is 5.73 Å². The maximum Gasteiger partial charge on any atom is 0.305 e. The Labute approximate surface area is 102 Å². The SMILES string of the molecule is CCN(CC)c1ccccc1C(N)CC(=O)O. The minimum absolute atomic E-state index is 0.0434. The fourth-order valence-corrected chi connectivity index (χ4v) is 1.95. The molecule has 0 saturated heterocycles. The Morgan fingerprint density at radius 1 is 1.35 bits per heavy atom. The quantitative estimate of drug-likeness (QED) is 0.793. The molecule has 0 bridgehead atoms. The molecule has 94 valence electrons. The fraction of sp³-hybridized carbons (Fsp3) is 0.462. The molecule has 0 saturated carbocycles. The second-order valence-corrected chi connectivity index (χ2v) is 3.94. The highest BCUT2D eigenvalue weighted by Crippen LogP contribution is 2.26. The standard InChI is InChI=1S/C13H20N2O2/c1-3-15(4-2)12-8-6-5-7-10(12)11(14)9-13(16)17/h5-8,11H,3-4,9,14H2,1-2H3,(H,16,17). The van der Waals surface area contributed by atoms with E-state index in [0.717, 1.165) is 24.3 Å². The zero-order chi connectivity index (χ0) is 12.8. The van der Waals surface area contributed by atoms with Gasteiger partial charge in [-0.05, 0) is 25.5 Å². The Balaban J connectivity index is 3.02. The molecular formula is C13H20N2O2. The molecule has 0 aliphatic heterocycles. The third-order valence-corrected chi connectivity index (χ3v) is 2.83. The summed E-state index contributed by atoms with van der Waals surface area (Å²) in [4.78, 5) is 12.9. The van der Waals surface area contributed by atoms with Gasteiger partial charge in [0, 0.05) is 24.8 Å². The normalized spacial score (nSPS) is 12.2. The van der Waals surface area contributed by atoms with Crippen molar-refractivity contribution in [1.82, 2.24) is 0 Å². The number of nitrogens with two attached hydrogens (primary N) is 1. The van der Waals surface area contributed by atoms with Gasteiger partial charge < -0.3 is 15.7 Å². The van der Waals surface area contributed by atoms with Crippen molar-refractivity contribution >= 4 is 11.7 Å². The van der Waals surface area contributed by atoms with E-state index in [9.17, 15) is 4.79 Å². The number of para-hydroxylation sites is 1. The summed E-state index contributed by atoms with van der Waals surface area (Å²) < 4.78 is 0. The van der Waals surface area contributed by atoms with Gasteiger partial charge in [-0.15, -0.1) is 0 Å². The zero-order valence-electron chi connectivity index (χ0n) is 10.4. The van der Waals surface area contributed by atoms with Crippen LogP contribution >= 0.6 is 0 Å². The van der Waals surface area contributed by atoms with Crippen LogP contribution in [0.15, 0.2) is 24.3 Å². The van der Waals surface area contributed by atoms with E-state index in [-0.39, 0.29) is 6.42 Å². The molecule has 0 amide bonds. The molecule has 0 fully saturated rings. The highest BCUT2D eigenvalue weighted by molar-refractivity contribution is 5.69. The number of nitrogens with zero attached hydrogens (tertiary/aromatic N) is 1. The lowest BCUT2D eigenvalue weighted by Gasteiger charge is -2.26. The molecule has 0 aliphatic rings. The summed E-state index contributed by atoms with van der Waals surface area (Å²) in [6.45, 7) is 5.91. The predicted molar refractivity (Wildman–Crippen MR) is 69.2 cm³/mol. The zero-order valence-corrected chi connectivity index (χ0v) is 10.4. The number of rotatable bonds is 6. The van der Waals surface area contributed by atoms with Crippen molar-refractivity contribution in [2.75, 3.05) is 18.0 Å². The molecule has 1 rings (SSSR count). The highest BCUT2D eigenvalue weighted by atomic mass is 16.4. The summed E-state index contributed by atoms with van der Waals surface area (Å²) in [5.41, 5.74) is 7.87. The van der Waals surface area contributed by atoms with Crippen molar-refractivity contribution in [3.8, 4) is 0 Å². The second-order valence-electron chi connectivity index (χ2n) is 3.94. The summed E-state index contributed by atoms with van der Waals surface area (Å²) in [6.07, 6.45) is -0.0434. The molecule has 0 radical (unpaired) electrons. The largest absolute Gasteiger partial charge is 0.481 e. The molecule has 0 aliphatic carbocycles. The van der Waals surface area contributed by atoms with E-state index in [4.69, 9.17) is 10.8 Å². The van der Waals surface area contributed by atoms with Crippen LogP contribution in [0.4, 0.5) is 5.69 Å². The number of carboxylic acid groups (broad SMARTS) is 1. The van der Waals surface area contributed by atoms with Crippen molar-refractivity contribution < 1.29 is 9.90 Å². The van der Waals surface area contributed by atoms with Gasteiger partial charge in [0.15, 0.2) is 0 Å². The van der Waals surface area contributed by atoms with Gasteiger partial charge in [-0.3, -0.25) is 4.79 Å². The van der Waals surface area contributed by atoms with E-state index in [1.807, 2.05) is 24.3 Å². The Kier molecular flexibility index (Phi) is 4.97. The molecule has 3 N–H and O–H groups in total. The van der Waals surface area contributed by atoms with Crippen LogP contribution in [0.5, 0.6) is 0 Å². The molecule has 4 nitrogen and oxygen atoms in total. The summed E-state index contributed by atoms with van der Waals surface area (Å²) in [6, 6.07) is 7.28. The molecule has 0 spiro atoms. The van der Waals surface area contributed by atoms with E-state index in [1.165, 1.54) is 0 Å². The van der Waals surface area contributed by atoms with Crippen LogP contribution in [-0.2, 0) is 4.79 Å². The van der Waals surface area contributed by atoms with Gasteiger partial charge in [0.25, 0.3) is 0 Å². The molecule has 1 aromatic rings. The first kappa shape index (κ1) is 13.5. The second kappa shape index (κ2) is 6.25. The Bertz CT molecular complexity index is 375. The minimum Gasteiger partial charge on any atom is -0.481 e. The van der Waals surface area contributed by atoms with Gasteiger partial charge in [-0.25, -0.2) is 0 Å². The summed E-state index contributed by atoms with van der Waals surface area (Å²) in [5, 5.41) is 8.80. The van der Waals surface area contributed by atoms with Crippen molar-refractivity contribution in [3.63, 3.8) is 0 Å². The average molecular weight is 236 g/mol. The number of carbonyl (C=O) groups is 1. The maximum absolute atomic E-state index is 10.7. The van der Waals surface area contributed by atoms with Crippen LogP contribution in [0.25, 0.3) is 0 Å². The molecule has 0 heterocycles. The third-order valence-electron chi connectivity index (χ3n) is 2.83. The van der Waals surface area contributed by atoms with E-state index >= 15 is 0 Å². The smallest absolute Gasteiger partial charge is 0.305 e. The molecule has 1 atom stereocenters. The molecule has 1 unspecified atom stereocenters. The number of anilines is 1. The van der Waals surface area contributed by atoms with Gasteiger partial charge in [-0.2, -0.15) is 0 Å². The van der Waals surface area contributed by atoms with Crippen molar-refractivity contribution in [1.29, 1.82) is 0 Å². The first-order valence-corrected chi connectivity index (χ1v) is 5.91. The van der Waals surface area contributed by atoms with Crippen LogP contribution in [0.3, 0.4) is 0 Å². The fourth-order valence-electron chi connectivity index (χ4n) is 1.95. The topological polar surface area (TPSA) is 66.6 Å². The number of benzene rings is 1. The van der Waals surface area contributed by atoms with Gasteiger partial charge in [0.05, 0.1) is 6.42 Å². The Morgan fingerprint density at radius 3 is 2.47 bits per heavy atom. The summed E-state index contributed by atoms with van der Waals surface area (Å²) in [7, 11) is 0. The van der Waals surface area contributed by atoms with Crippen LogP contribution in [0, 0.1) is 0 Å². The molecular weight excluding hydrogens is 216 g/mol. The molecule has 0 aromatic heterocycles. The lowest BCUT2D eigenvalue weighted by atomic mass is 10.0. The van der Waals surface area contributed by atoms with Crippen LogP contribution < -0.4 is 10.6 Å². The average Bonchev–Trinajstić information content (AvgIpc) is 2.30. The number of aliphatic carboxylic acids is 1. The first-order chi connectivity index (χ1) is 8.10. The Hall–Kier alpha value is -1.55. The van der Waals surface area contributed by atoms with Gasteiger partial charge in [-0.1, -0.05) is 18.2 Å². The molecule has 17 heavy (non-hydrogen) atoms. The van der Waals surface area contributed by atoms with Crippen LogP contribution in [-0.4, -0.2) is 24.2 Å². The van der Waals surface area contributed by atoms with Gasteiger partial charge >= 0.3 is 5.97 Å². The third kappa shape index (κ3) is 3.46. The molecule has 4 heteroatoms. The first-order valence-electron chi connectivity index (χ1n) is 5.91.